The van der Waals surface area contributed by atoms with Crippen LogP contribution in [0.2, 0.25) is 0 Å². The van der Waals surface area contributed by atoms with Crippen LogP contribution in [0.1, 0.15) is 25.7 Å². The minimum atomic E-state index is -3.48. The Morgan fingerprint density at radius 3 is 2.95 bits per heavy atom. The Kier molecular flexibility index (Phi) is 4.14. The summed E-state index contributed by atoms with van der Waals surface area (Å²) in [5.41, 5.74) is 0. The number of piperidine rings is 1. The second-order valence-electron chi connectivity index (χ2n) is 5.74. The number of sulfonamides is 1. The molecule has 2 atom stereocenters. The molecule has 21 heavy (non-hydrogen) atoms. The van der Waals surface area contributed by atoms with Crippen LogP contribution >= 0.6 is 0 Å². The highest BCUT2D eigenvalue weighted by molar-refractivity contribution is 7.89. The standard InChI is InChI=1S/C14H22N4O2S/c1-15-14-10-11(5-7-16-14)21(19,20)17-12-6-9-18-8-3-2-4-13(12)18/h5,7,10,12-13,17H,2-4,6,8-9H2,1H3,(H,15,16). The highest BCUT2D eigenvalue weighted by Gasteiger charge is 2.37. The molecular formula is C14H22N4O2S. The average Bonchev–Trinajstić information content (AvgIpc) is 2.90. The molecule has 2 aliphatic heterocycles. The maximum Gasteiger partial charge on any atom is 0.241 e. The zero-order chi connectivity index (χ0) is 14.9. The maximum absolute atomic E-state index is 12.5. The smallest absolute Gasteiger partial charge is 0.241 e. The number of fused-ring (bicyclic) bond motifs is 1. The Bertz CT molecular complexity index is 605. The highest BCUT2D eigenvalue weighted by atomic mass is 32.2. The van der Waals surface area contributed by atoms with Gasteiger partial charge in [-0.1, -0.05) is 6.42 Å². The molecule has 2 unspecified atom stereocenters. The lowest BCUT2D eigenvalue weighted by molar-refractivity contribution is 0.186. The second kappa shape index (κ2) is 5.90. The molecule has 1 aromatic heterocycles. The summed E-state index contributed by atoms with van der Waals surface area (Å²) in [7, 11) is -1.76. The molecule has 7 heteroatoms. The highest BCUT2D eigenvalue weighted by Crippen LogP contribution is 2.28. The molecule has 2 N–H and O–H groups in total. The Balaban J connectivity index is 1.76. The van der Waals surface area contributed by atoms with Gasteiger partial charge in [0.25, 0.3) is 0 Å². The first-order chi connectivity index (χ1) is 10.1. The number of rotatable bonds is 4. The van der Waals surface area contributed by atoms with Crippen molar-refractivity contribution in [3.8, 4) is 0 Å². The van der Waals surface area contributed by atoms with Gasteiger partial charge < -0.3 is 5.32 Å². The van der Waals surface area contributed by atoms with Crippen LogP contribution in [0.4, 0.5) is 5.82 Å². The number of aromatic nitrogens is 1. The molecule has 116 valence electrons. The van der Waals surface area contributed by atoms with Crippen LogP contribution in [0.5, 0.6) is 0 Å². The van der Waals surface area contributed by atoms with Crippen molar-refractivity contribution < 1.29 is 8.42 Å². The first-order valence-electron chi connectivity index (χ1n) is 7.50. The van der Waals surface area contributed by atoms with Crippen LogP contribution in [0.25, 0.3) is 0 Å². The Morgan fingerprint density at radius 2 is 2.14 bits per heavy atom. The van der Waals surface area contributed by atoms with Gasteiger partial charge in [0.05, 0.1) is 4.90 Å². The summed E-state index contributed by atoms with van der Waals surface area (Å²) in [6.07, 6.45) is 5.92. The number of nitrogens with one attached hydrogen (secondary N) is 2. The fraction of sp³-hybridized carbons (Fsp3) is 0.643. The Hall–Kier alpha value is -1.18. The van der Waals surface area contributed by atoms with Gasteiger partial charge in [-0.2, -0.15) is 0 Å². The van der Waals surface area contributed by atoms with E-state index in [1.807, 2.05) is 0 Å². The molecule has 0 saturated carbocycles. The zero-order valence-corrected chi connectivity index (χ0v) is 13.1. The van der Waals surface area contributed by atoms with Gasteiger partial charge in [0, 0.05) is 37.9 Å². The van der Waals surface area contributed by atoms with Gasteiger partial charge in [-0.05, 0) is 31.9 Å². The molecule has 2 saturated heterocycles. The quantitative estimate of drug-likeness (QED) is 0.869. The number of anilines is 1. The minimum absolute atomic E-state index is 0.0292. The lowest BCUT2D eigenvalue weighted by atomic mass is 10.00. The molecule has 0 radical (unpaired) electrons. The van der Waals surface area contributed by atoms with Crippen molar-refractivity contribution in [3.05, 3.63) is 18.3 Å². The number of nitrogens with zero attached hydrogens (tertiary/aromatic N) is 2. The van der Waals surface area contributed by atoms with Crippen LogP contribution in [-0.4, -0.2) is 50.5 Å². The van der Waals surface area contributed by atoms with E-state index in [0.717, 1.165) is 25.9 Å². The van der Waals surface area contributed by atoms with Gasteiger partial charge >= 0.3 is 0 Å². The van der Waals surface area contributed by atoms with Crippen LogP contribution in [0.15, 0.2) is 23.2 Å². The van der Waals surface area contributed by atoms with Crippen LogP contribution in [0, 0.1) is 0 Å². The van der Waals surface area contributed by atoms with Crippen molar-refractivity contribution in [1.29, 1.82) is 0 Å². The van der Waals surface area contributed by atoms with E-state index >= 15 is 0 Å². The van der Waals surface area contributed by atoms with Crippen LogP contribution in [0.3, 0.4) is 0 Å². The molecule has 2 fully saturated rings. The summed E-state index contributed by atoms with van der Waals surface area (Å²) in [4.78, 5) is 6.75. The maximum atomic E-state index is 12.5. The molecule has 1 aromatic rings. The van der Waals surface area contributed by atoms with E-state index in [9.17, 15) is 8.42 Å². The predicted octanol–water partition coefficient (Wildman–Crippen LogP) is 1.03. The lowest BCUT2D eigenvalue weighted by Gasteiger charge is -2.32. The fourth-order valence-electron chi connectivity index (χ4n) is 3.37. The summed E-state index contributed by atoms with van der Waals surface area (Å²) in [6, 6.07) is 3.49. The summed E-state index contributed by atoms with van der Waals surface area (Å²) in [5.74, 6) is 0.559. The van der Waals surface area contributed by atoms with E-state index in [0.29, 0.717) is 11.9 Å². The molecule has 6 nitrogen and oxygen atoms in total. The van der Waals surface area contributed by atoms with Gasteiger partial charge in [0.2, 0.25) is 10.0 Å². The molecule has 0 bridgehead atoms. The van der Waals surface area contributed by atoms with E-state index in [1.165, 1.54) is 25.1 Å². The Morgan fingerprint density at radius 1 is 1.29 bits per heavy atom. The minimum Gasteiger partial charge on any atom is -0.373 e. The van der Waals surface area contributed by atoms with E-state index < -0.39 is 10.0 Å². The van der Waals surface area contributed by atoms with Crippen molar-refractivity contribution in [2.75, 3.05) is 25.5 Å². The lowest BCUT2D eigenvalue weighted by Crippen LogP contribution is -2.46. The normalized spacial score (nSPS) is 26.5. The van der Waals surface area contributed by atoms with E-state index in [2.05, 4.69) is 19.9 Å². The second-order valence-corrected chi connectivity index (χ2v) is 7.46. The summed E-state index contributed by atoms with van der Waals surface area (Å²) in [6.45, 7) is 2.10. The van der Waals surface area contributed by atoms with Gasteiger partial charge in [0.1, 0.15) is 5.82 Å². The fourth-order valence-corrected chi connectivity index (χ4v) is 4.68. The molecule has 0 aromatic carbocycles. The summed E-state index contributed by atoms with van der Waals surface area (Å²) >= 11 is 0. The van der Waals surface area contributed by atoms with Crippen molar-refractivity contribution in [2.45, 2.75) is 42.7 Å². The molecule has 3 heterocycles. The van der Waals surface area contributed by atoms with Gasteiger partial charge in [0.15, 0.2) is 0 Å². The molecule has 0 amide bonds. The monoisotopic (exact) mass is 310 g/mol. The molecule has 3 rings (SSSR count). The van der Waals surface area contributed by atoms with Crippen LogP contribution in [-0.2, 0) is 10.0 Å². The average molecular weight is 310 g/mol. The van der Waals surface area contributed by atoms with Gasteiger partial charge in [-0.25, -0.2) is 18.1 Å². The summed E-state index contributed by atoms with van der Waals surface area (Å²) in [5, 5.41) is 2.87. The third-order valence-electron chi connectivity index (χ3n) is 4.46. The van der Waals surface area contributed by atoms with E-state index in [1.54, 1.807) is 13.1 Å². The summed E-state index contributed by atoms with van der Waals surface area (Å²) < 4.78 is 28.0. The molecular weight excluding hydrogens is 288 g/mol. The van der Waals surface area contributed by atoms with E-state index in [4.69, 9.17) is 0 Å². The molecule has 2 aliphatic rings. The van der Waals surface area contributed by atoms with Crippen molar-refractivity contribution >= 4 is 15.8 Å². The third-order valence-corrected chi connectivity index (χ3v) is 5.95. The topological polar surface area (TPSA) is 74.3 Å². The SMILES string of the molecule is CNc1cc(S(=O)(=O)NC2CCN3CCCCC23)ccn1. The molecule has 0 aliphatic carbocycles. The third kappa shape index (κ3) is 3.04. The molecule has 0 spiro atoms. The van der Waals surface area contributed by atoms with Crippen LogP contribution < -0.4 is 10.0 Å². The first-order valence-corrected chi connectivity index (χ1v) is 8.99. The van der Waals surface area contributed by atoms with Crippen molar-refractivity contribution in [3.63, 3.8) is 0 Å². The largest absolute Gasteiger partial charge is 0.373 e. The van der Waals surface area contributed by atoms with Gasteiger partial charge in [-0.3, -0.25) is 4.90 Å². The van der Waals surface area contributed by atoms with Crippen molar-refractivity contribution in [2.24, 2.45) is 0 Å². The zero-order valence-electron chi connectivity index (χ0n) is 12.2. The van der Waals surface area contributed by atoms with E-state index in [-0.39, 0.29) is 10.9 Å². The number of pyridine rings is 1. The Labute approximate surface area is 126 Å². The van der Waals surface area contributed by atoms with Crippen molar-refractivity contribution in [1.82, 2.24) is 14.6 Å². The van der Waals surface area contributed by atoms with Gasteiger partial charge in [-0.15, -0.1) is 0 Å². The first kappa shape index (κ1) is 14.7. The number of hydrogen-bond acceptors (Lipinski definition) is 5. The predicted molar refractivity (Wildman–Crippen MR) is 81.7 cm³/mol. The number of hydrogen-bond donors (Lipinski definition) is 2.